The molecule has 2 aromatic carbocycles. The highest BCUT2D eigenvalue weighted by Crippen LogP contribution is 2.35. The molecule has 0 spiro atoms. The Balaban J connectivity index is 2.04. The van der Waals surface area contributed by atoms with Crippen LogP contribution in [0, 0.1) is 0 Å². The van der Waals surface area contributed by atoms with Gasteiger partial charge in [0.25, 0.3) is 0 Å². The lowest BCUT2D eigenvalue weighted by molar-refractivity contribution is 0.0990. The van der Waals surface area contributed by atoms with Crippen LogP contribution in [0.2, 0.25) is 0 Å². The van der Waals surface area contributed by atoms with Crippen LogP contribution in [0.25, 0.3) is 5.69 Å². The van der Waals surface area contributed by atoms with Crippen LogP contribution in [0.3, 0.4) is 0 Å². The van der Waals surface area contributed by atoms with Gasteiger partial charge in [-0.25, -0.2) is 4.68 Å². The van der Waals surface area contributed by atoms with Gasteiger partial charge in [0, 0.05) is 13.1 Å². The van der Waals surface area contributed by atoms with E-state index in [1.165, 1.54) is 0 Å². The van der Waals surface area contributed by atoms with Crippen molar-refractivity contribution in [3.05, 3.63) is 65.9 Å². The first kappa shape index (κ1) is 26.8. The van der Waals surface area contributed by atoms with Crippen LogP contribution < -0.4 is 9.47 Å². The lowest BCUT2D eigenvalue weighted by Gasteiger charge is -2.25. The van der Waals surface area contributed by atoms with Gasteiger partial charge in [-0.05, 0) is 61.7 Å². The summed E-state index contributed by atoms with van der Waals surface area (Å²) in [4.78, 5) is 2.33. The van der Waals surface area contributed by atoms with Crippen molar-refractivity contribution in [1.29, 1.82) is 0 Å². The van der Waals surface area contributed by atoms with Gasteiger partial charge in [0.05, 0.1) is 30.2 Å². The van der Waals surface area contributed by atoms with Gasteiger partial charge >= 0.3 is 0 Å². The van der Waals surface area contributed by atoms with E-state index in [4.69, 9.17) is 14.6 Å². The second kappa shape index (κ2) is 13.3. The summed E-state index contributed by atoms with van der Waals surface area (Å²) >= 11 is 0. The summed E-state index contributed by atoms with van der Waals surface area (Å²) in [6, 6.07) is 17.7. The molecule has 0 aliphatic carbocycles. The van der Waals surface area contributed by atoms with Crippen LogP contribution in [0.5, 0.6) is 17.4 Å². The quantitative estimate of drug-likeness (QED) is 0.284. The van der Waals surface area contributed by atoms with Crippen molar-refractivity contribution >= 4 is 0 Å². The highest BCUT2D eigenvalue weighted by Gasteiger charge is 2.25. The van der Waals surface area contributed by atoms with Crippen molar-refractivity contribution in [1.82, 2.24) is 14.7 Å². The monoisotopic (exact) mass is 479 g/mol. The van der Waals surface area contributed by atoms with Gasteiger partial charge in [-0.15, -0.1) is 0 Å². The second-order valence-electron chi connectivity index (χ2n) is 9.38. The first-order chi connectivity index (χ1) is 17.0. The maximum Gasteiger partial charge on any atom is 0.227 e. The zero-order valence-electron chi connectivity index (χ0n) is 21.9. The van der Waals surface area contributed by atoms with E-state index in [0.29, 0.717) is 19.0 Å². The average molecular weight is 480 g/mol. The molecule has 3 aromatic rings. The maximum absolute atomic E-state index is 10.7. The topological polar surface area (TPSA) is 59.8 Å². The predicted molar refractivity (Wildman–Crippen MR) is 142 cm³/mol. The minimum Gasteiger partial charge on any atom is -0.497 e. The van der Waals surface area contributed by atoms with E-state index in [1.54, 1.807) is 7.11 Å². The van der Waals surface area contributed by atoms with Gasteiger partial charge in [-0.3, -0.25) is 4.90 Å². The third-order valence-corrected chi connectivity index (χ3v) is 6.07. The van der Waals surface area contributed by atoms with Crippen molar-refractivity contribution in [3.63, 3.8) is 0 Å². The fourth-order valence-corrected chi connectivity index (χ4v) is 4.27. The zero-order chi connectivity index (χ0) is 25.2. The van der Waals surface area contributed by atoms with Crippen molar-refractivity contribution in [2.24, 2.45) is 0 Å². The zero-order valence-corrected chi connectivity index (χ0v) is 21.9. The minimum absolute atomic E-state index is 0.219. The number of ether oxygens (including phenoxy) is 2. The lowest BCUT2D eigenvalue weighted by atomic mass is 10.0. The van der Waals surface area contributed by atoms with E-state index in [-0.39, 0.29) is 12.0 Å². The fourth-order valence-electron chi connectivity index (χ4n) is 4.27. The van der Waals surface area contributed by atoms with Gasteiger partial charge in [0.15, 0.2) is 0 Å². The molecule has 0 aliphatic rings. The van der Waals surface area contributed by atoms with Gasteiger partial charge in [0.1, 0.15) is 11.5 Å². The standard InChI is InChI=1S/C29H41N3O3/c1-6-8-12-24(33)20-31(19-7-2)21-27-28(22(3)4)30-32(23-15-17-25(34-5)18-16-23)29(27)35-26-13-10-9-11-14-26/h9-11,13-18,22,24,33H,6-8,12,19-21H2,1-5H3. The molecule has 35 heavy (non-hydrogen) atoms. The summed E-state index contributed by atoms with van der Waals surface area (Å²) in [5.41, 5.74) is 2.99. The number of para-hydroxylation sites is 1. The highest BCUT2D eigenvalue weighted by atomic mass is 16.5. The number of methoxy groups -OCH3 is 1. The van der Waals surface area contributed by atoms with Crippen molar-refractivity contribution in [2.75, 3.05) is 20.2 Å². The number of aliphatic hydroxyl groups is 1. The van der Waals surface area contributed by atoms with E-state index in [9.17, 15) is 5.11 Å². The molecule has 3 rings (SSSR count). The highest BCUT2D eigenvalue weighted by molar-refractivity contribution is 5.46. The van der Waals surface area contributed by atoms with E-state index in [2.05, 4.69) is 32.6 Å². The Labute approximate surface area is 210 Å². The molecular weight excluding hydrogens is 438 g/mol. The molecule has 1 atom stereocenters. The minimum atomic E-state index is -0.334. The smallest absolute Gasteiger partial charge is 0.227 e. The Morgan fingerprint density at radius 2 is 1.69 bits per heavy atom. The van der Waals surface area contributed by atoms with Crippen LogP contribution in [0.1, 0.15) is 70.6 Å². The molecule has 6 nitrogen and oxygen atoms in total. The summed E-state index contributed by atoms with van der Waals surface area (Å²) in [6.45, 7) is 10.9. The third kappa shape index (κ3) is 7.33. The number of aliphatic hydroxyl groups excluding tert-OH is 1. The molecule has 0 saturated carbocycles. The van der Waals surface area contributed by atoms with Crippen LogP contribution >= 0.6 is 0 Å². The summed E-state index contributed by atoms with van der Waals surface area (Å²) in [7, 11) is 1.67. The number of aromatic nitrogens is 2. The van der Waals surface area contributed by atoms with Crippen molar-refractivity contribution < 1.29 is 14.6 Å². The Kier molecular flexibility index (Phi) is 10.2. The Morgan fingerprint density at radius 1 is 0.971 bits per heavy atom. The molecule has 190 valence electrons. The van der Waals surface area contributed by atoms with Crippen molar-refractivity contribution in [2.45, 2.75) is 71.9 Å². The largest absolute Gasteiger partial charge is 0.497 e. The fraction of sp³-hybridized carbons (Fsp3) is 0.483. The maximum atomic E-state index is 10.7. The predicted octanol–water partition coefficient (Wildman–Crippen LogP) is 6.56. The second-order valence-corrected chi connectivity index (χ2v) is 9.38. The van der Waals surface area contributed by atoms with Gasteiger partial charge in [-0.1, -0.05) is 58.7 Å². The summed E-state index contributed by atoms with van der Waals surface area (Å²) in [5, 5.41) is 15.7. The van der Waals surface area contributed by atoms with Crippen LogP contribution in [-0.2, 0) is 6.54 Å². The molecule has 1 unspecified atom stereocenters. The molecule has 0 saturated heterocycles. The number of hydrogen-bond acceptors (Lipinski definition) is 5. The first-order valence-corrected chi connectivity index (χ1v) is 12.9. The van der Waals surface area contributed by atoms with Gasteiger partial charge < -0.3 is 14.6 Å². The number of unbranched alkanes of at least 4 members (excludes halogenated alkanes) is 1. The normalized spacial score (nSPS) is 12.3. The van der Waals surface area contributed by atoms with E-state index >= 15 is 0 Å². The number of rotatable bonds is 14. The SMILES string of the molecule is CCCCC(O)CN(CCC)Cc1c(C(C)C)nn(-c2ccc(OC)cc2)c1Oc1ccccc1. The van der Waals surface area contributed by atoms with Crippen molar-refractivity contribution in [3.8, 4) is 23.1 Å². The van der Waals surface area contributed by atoms with E-state index in [0.717, 1.165) is 60.7 Å². The van der Waals surface area contributed by atoms with Crippen LogP contribution in [-0.4, -0.2) is 46.1 Å². The molecule has 0 bridgehead atoms. The van der Waals surface area contributed by atoms with E-state index in [1.807, 2.05) is 59.3 Å². The molecule has 1 aromatic heterocycles. The third-order valence-electron chi connectivity index (χ3n) is 6.07. The molecule has 1 N–H and O–H groups in total. The first-order valence-electron chi connectivity index (χ1n) is 12.9. The number of benzene rings is 2. The summed E-state index contributed by atoms with van der Waals surface area (Å²) < 4.78 is 13.8. The Hall–Kier alpha value is -2.83. The van der Waals surface area contributed by atoms with Crippen LogP contribution in [0.15, 0.2) is 54.6 Å². The Bertz CT molecular complexity index is 1020. The molecule has 6 heteroatoms. The van der Waals surface area contributed by atoms with E-state index < -0.39 is 0 Å². The van der Waals surface area contributed by atoms with Gasteiger partial charge in [0.2, 0.25) is 5.88 Å². The summed E-state index contributed by atoms with van der Waals surface area (Å²) in [6.07, 6.45) is 3.63. The Morgan fingerprint density at radius 3 is 2.29 bits per heavy atom. The molecule has 1 heterocycles. The molecule has 0 radical (unpaired) electrons. The molecule has 0 amide bonds. The number of hydrogen-bond donors (Lipinski definition) is 1. The number of nitrogens with zero attached hydrogens (tertiary/aromatic N) is 3. The molecule has 0 fully saturated rings. The average Bonchev–Trinajstić information content (AvgIpc) is 3.21. The van der Waals surface area contributed by atoms with Crippen LogP contribution in [0.4, 0.5) is 0 Å². The summed E-state index contributed by atoms with van der Waals surface area (Å²) in [5.74, 6) is 2.50. The lowest BCUT2D eigenvalue weighted by Crippen LogP contribution is -2.33. The molecule has 0 aliphatic heterocycles. The molecular formula is C29H41N3O3. The van der Waals surface area contributed by atoms with Gasteiger partial charge in [-0.2, -0.15) is 5.10 Å².